The summed E-state index contributed by atoms with van der Waals surface area (Å²) in [6.45, 7) is 6.73. The van der Waals surface area contributed by atoms with Gasteiger partial charge in [0, 0.05) is 0 Å². The summed E-state index contributed by atoms with van der Waals surface area (Å²) in [5.41, 5.74) is -0.316. The Balaban J connectivity index is 2.38. The molecule has 1 nitrogen and oxygen atoms in total. The normalized spacial score (nSPS) is 33.6. The minimum Gasteiger partial charge on any atom is -0.390 e. The first-order valence-corrected chi connectivity index (χ1v) is 6.28. The van der Waals surface area contributed by atoms with Crippen LogP contribution < -0.4 is 0 Å². The molecule has 0 heterocycles. The Labute approximate surface area is 88.9 Å². The van der Waals surface area contributed by atoms with E-state index in [0.29, 0.717) is 0 Å². The van der Waals surface area contributed by atoms with Gasteiger partial charge in [-0.25, -0.2) is 0 Å². The molecule has 1 heteroatoms. The van der Waals surface area contributed by atoms with Crippen molar-refractivity contribution in [2.75, 3.05) is 0 Å². The second kappa shape index (κ2) is 5.16. The summed E-state index contributed by atoms with van der Waals surface area (Å²) in [7, 11) is 0. The van der Waals surface area contributed by atoms with Crippen LogP contribution in [-0.2, 0) is 0 Å². The van der Waals surface area contributed by atoms with E-state index in [2.05, 4.69) is 20.8 Å². The molecule has 0 amide bonds. The third kappa shape index (κ3) is 3.61. The molecule has 0 aromatic heterocycles. The Morgan fingerprint density at radius 1 is 1.43 bits per heavy atom. The third-order valence-electron chi connectivity index (χ3n) is 3.69. The number of rotatable bonds is 4. The average Bonchev–Trinajstić information content (AvgIpc) is 2.15. The smallest absolute Gasteiger partial charge is 0.0650 e. The fourth-order valence-electron chi connectivity index (χ4n) is 2.59. The Morgan fingerprint density at radius 3 is 2.71 bits per heavy atom. The van der Waals surface area contributed by atoms with Crippen LogP contribution >= 0.6 is 0 Å². The van der Waals surface area contributed by atoms with Crippen molar-refractivity contribution in [3.05, 3.63) is 0 Å². The summed E-state index contributed by atoms with van der Waals surface area (Å²) < 4.78 is 0. The summed E-state index contributed by atoms with van der Waals surface area (Å²) in [6, 6.07) is 0. The third-order valence-corrected chi connectivity index (χ3v) is 3.69. The molecule has 0 aliphatic heterocycles. The van der Waals surface area contributed by atoms with Crippen LogP contribution in [0.15, 0.2) is 0 Å². The van der Waals surface area contributed by atoms with Crippen LogP contribution in [0, 0.1) is 11.8 Å². The Kier molecular flexibility index (Phi) is 4.43. The minimum atomic E-state index is -0.316. The fraction of sp³-hybridized carbons (Fsp3) is 1.00. The van der Waals surface area contributed by atoms with Crippen molar-refractivity contribution in [1.29, 1.82) is 0 Å². The van der Waals surface area contributed by atoms with Crippen molar-refractivity contribution in [3.63, 3.8) is 0 Å². The van der Waals surface area contributed by atoms with Gasteiger partial charge in [-0.15, -0.1) is 0 Å². The van der Waals surface area contributed by atoms with Crippen LogP contribution in [0.25, 0.3) is 0 Å². The van der Waals surface area contributed by atoms with Crippen molar-refractivity contribution in [1.82, 2.24) is 0 Å². The van der Waals surface area contributed by atoms with Crippen molar-refractivity contribution >= 4 is 0 Å². The van der Waals surface area contributed by atoms with Crippen LogP contribution in [0.5, 0.6) is 0 Å². The molecule has 1 aliphatic carbocycles. The minimum absolute atomic E-state index is 0.316. The summed E-state index contributed by atoms with van der Waals surface area (Å²) in [6.07, 6.45) is 8.08. The molecule has 2 unspecified atom stereocenters. The van der Waals surface area contributed by atoms with E-state index in [9.17, 15) is 5.11 Å². The highest BCUT2D eigenvalue weighted by atomic mass is 16.3. The predicted molar refractivity (Wildman–Crippen MR) is 61.3 cm³/mol. The molecular formula is C13H26O. The molecule has 1 N–H and O–H groups in total. The molecule has 0 aromatic rings. The van der Waals surface area contributed by atoms with Gasteiger partial charge in [-0.2, -0.15) is 0 Å². The molecular weight excluding hydrogens is 172 g/mol. The largest absolute Gasteiger partial charge is 0.390 e. The SMILES string of the molecule is CCC1CCCC(O)(CCC(C)C)C1. The zero-order valence-corrected chi connectivity index (χ0v) is 10.1. The molecule has 1 saturated carbocycles. The summed E-state index contributed by atoms with van der Waals surface area (Å²) >= 11 is 0. The van der Waals surface area contributed by atoms with Crippen molar-refractivity contribution in [2.24, 2.45) is 11.8 Å². The van der Waals surface area contributed by atoms with Gasteiger partial charge in [-0.05, 0) is 37.5 Å². The molecule has 2 atom stereocenters. The topological polar surface area (TPSA) is 20.2 Å². The Hall–Kier alpha value is -0.0400. The van der Waals surface area contributed by atoms with Crippen molar-refractivity contribution in [2.45, 2.75) is 71.3 Å². The number of aliphatic hydroxyl groups is 1. The molecule has 0 radical (unpaired) electrons. The molecule has 1 fully saturated rings. The lowest BCUT2D eigenvalue weighted by Crippen LogP contribution is -2.35. The van der Waals surface area contributed by atoms with E-state index in [1.165, 1.54) is 25.7 Å². The molecule has 1 rings (SSSR count). The van der Waals surface area contributed by atoms with Crippen LogP contribution in [-0.4, -0.2) is 10.7 Å². The molecule has 0 aromatic carbocycles. The van der Waals surface area contributed by atoms with Gasteiger partial charge in [0.1, 0.15) is 0 Å². The van der Waals surface area contributed by atoms with Gasteiger partial charge < -0.3 is 5.11 Å². The van der Waals surface area contributed by atoms with Gasteiger partial charge in [0.25, 0.3) is 0 Å². The number of hydrogen-bond donors (Lipinski definition) is 1. The fourth-order valence-corrected chi connectivity index (χ4v) is 2.59. The molecule has 14 heavy (non-hydrogen) atoms. The van der Waals surface area contributed by atoms with Crippen molar-refractivity contribution in [3.8, 4) is 0 Å². The van der Waals surface area contributed by atoms with Crippen LogP contribution in [0.1, 0.15) is 65.7 Å². The lowest BCUT2D eigenvalue weighted by Gasteiger charge is -2.37. The maximum absolute atomic E-state index is 10.4. The molecule has 0 bridgehead atoms. The van der Waals surface area contributed by atoms with Crippen LogP contribution in [0.2, 0.25) is 0 Å². The van der Waals surface area contributed by atoms with Gasteiger partial charge in [0.05, 0.1) is 5.60 Å². The van der Waals surface area contributed by atoms with Gasteiger partial charge in [-0.1, -0.05) is 40.0 Å². The standard InChI is InChI=1S/C13H26O/c1-4-12-6-5-8-13(14,10-12)9-7-11(2)3/h11-12,14H,4-10H2,1-3H3. The zero-order chi connectivity index (χ0) is 10.6. The second-order valence-corrected chi connectivity index (χ2v) is 5.53. The first-order valence-electron chi connectivity index (χ1n) is 6.28. The zero-order valence-electron chi connectivity index (χ0n) is 10.1. The van der Waals surface area contributed by atoms with Gasteiger partial charge in [0.2, 0.25) is 0 Å². The summed E-state index contributed by atoms with van der Waals surface area (Å²) in [5, 5.41) is 10.4. The molecule has 0 saturated heterocycles. The van der Waals surface area contributed by atoms with E-state index in [0.717, 1.165) is 31.1 Å². The monoisotopic (exact) mass is 198 g/mol. The lowest BCUT2D eigenvalue weighted by atomic mass is 9.74. The highest BCUT2D eigenvalue weighted by Gasteiger charge is 2.33. The van der Waals surface area contributed by atoms with E-state index in [4.69, 9.17) is 0 Å². The van der Waals surface area contributed by atoms with E-state index < -0.39 is 0 Å². The average molecular weight is 198 g/mol. The number of hydrogen-bond acceptors (Lipinski definition) is 1. The second-order valence-electron chi connectivity index (χ2n) is 5.53. The van der Waals surface area contributed by atoms with Crippen LogP contribution in [0.4, 0.5) is 0 Å². The first-order chi connectivity index (χ1) is 6.56. The maximum Gasteiger partial charge on any atom is 0.0650 e. The Morgan fingerprint density at radius 2 is 2.14 bits per heavy atom. The highest BCUT2D eigenvalue weighted by Crippen LogP contribution is 2.37. The summed E-state index contributed by atoms with van der Waals surface area (Å²) in [5.74, 6) is 1.50. The van der Waals surface area contributed by atoms with E-state index in [1.807, 2.05) is 0 Å². The van der Waals surface area contributed by atoms with Gasteiger partial charge in [-0.3, -0.25) is 0 Å². The summed E-state index contributed by atoms with van der Waals surface area (Å²) in [4.78, 5) is 0. The predicted octanol–water partition coefficient (Wildman–Crippen LogP) is 3.75. The van der Waals surface area contributed by atoms with E-state index in [-0.39, 0.29) is 5.60 Å². The maximum atomic E-state index is 10.4. The molecule has 84 valence electrons. The van der Waals surface area contributed by atoms with E-state index in [1.54, 1.807) is 0 Å². The van der Waals surface area contributed by atoms with E-state index >= 15 is 0 Å². The molecule has 0 spiro atoms. The lowest BCUT2D eigenvalue weighted by molar-refractivity contribution is -0.0274. The van der Waals surface area contributed by atoms with Gasteiger partial charge in [0.15, 0.2) is 0 Å². The van der Waals surface area contributed by atoms with Gasteiger partial charge >= 0.3 is 0 Å². The van der Waals surface area contributed by atoms with Crippen LogP contribution in [0.3, 0.4) is 0 Å². The Bertz CT molecular complexity index is 165. The van der Waals surface area contributed by atoms with Crippen molar-refractivity contribution < 1.29 is 5.11 Å². The first kappa shape index (κ1) is 12.0. The molecule has 1 aliphatic rings. The quantitative estimate of drug-likeness (QED) is 0.729. The highest BCUT2D eigenvalue weighted by molar-refractivity contribution is 4.86.